The predicted molar refractivity (Wildman–Crippen MR) is 147 cm³/mol. The van der Waals surface area contributed by atoms with Crippen LogP contribution in [0.25, 0.3) is 0 Å². The summed E-state index contributed by atoms with van der Waals surface area (Å²) in [6.45, 7) is 0. The van der Waals surface area contributed by atoms with Crippen LogP contribution in [0.3, 0.4) is 0 Å². The molecule has 0 aliphatic carbocycles. The summed E-state index contributed by atoms with van der Waals surface area (Å²) in [4.78, 5) is 40.7. The van der Waals surface area contributed by atoms with Crippen LogP contribution in [0.4, 0.5) is 29.3 Å². The largest absolute Gasteiger partial charge is 0.508 e. The summed E-state index contributed by atoms with van der Waals surface area (Å²) >= 11 is 5.59. The third kappa shape index (κ3) is 8.35. The molecule has 0 aliphatic heterocycles. The van der Waals surface area contributed by atoms with E-state index in [1.165, 1.54) is 60.8 Å². The number of hydrogen-bond acceptors (Lipinski definition) is 6. The summed E-state index contributed by atoms with van der Waals surface area (Å²) in [5.41, 5.74) is 4.18. The van der Waals surface area contributed by atoms with Gasteiger partial charge in [0.15, 0.2) is 0 Å². The molecule has 3 aromatic carbocycles. The van der Waals surface area contributed by atoms with Gasteiger partial charge in [0.05, 0.1) is 17.0 Å². The molecule has 0 fully saturated rings. The number of carbonyl (C=O) groups is 3. The van der Waals surface area contributed by atoms with Gasteiger partial charge < -0.3 is 20.5 Å². The second-order valence-electron chi connectivity index (χ2n) is 8.62. The predicted octanol–water partition coefficient (Wildman–Crippen LogP) is 5.90. The lowest BCUT2D eigenvalue weighted by Gasteiger charge is -2.13. The molecule has 0 unspecified atom stereocenters. The molecule has 0 aliphatic rings. The van der Waals surface area contributed by atoms with E-state index in [0.29, 0.717) is 17.0 Å². The molecule has 0 saturated carbocycles. The monoisotopic (exact) mass is 599 g/mol. The van der Waals surface area contributed by atoms with Gasteiger partial charge in [-0.2, -0.15) is 13.2 Å². The van der Waals surface area contributed by atoms with E-state index in [0.717, 1.165) is 12.1 Å². The Morgan fingerprint density at radius 1 is 0.857 bits per heavy atom. The average Bonchev–Trinajstić information content (AvgIpc) is 2.93. The topological polar surface area (TPSA) is 142 Å². The van der Waals surface area contributed by atoms with E-state index in [1.807, 2.05) is 0 Å². The molecular weight excluding hydrogens is 579 g/mol. The number of carbonyl (C=O) groups excluding carboxylic acids is 3. The minimum atomic E-state index is -4.68. The van der Waals surface area contributed by atoms with Crippen molar-refractivity contribution in [3.8, 4) is 17.2 Å². The lowest BCUT2D eigenvalue weighted by atomic mass is 10.1. The third-order valence-corrected chi connectivity index (χ3v) is 5.76. The van der Waals surface area contributed by atoms with Crippen LogP contribution in [0.5, 0.6) is 17.2 Å². The van der Waals surface area contributed by atoms with Gasteiger partial charge in [0.25, 0.3) is 5.91 Å². The number of nitrogens with zero attached hydrogens (tertiary/aromatic N) is 1. The van der Waals surface area contributed by atoms with Gasteiger partial charge in [0.1, 0.15) is 22.9 Å². The van der Waals surface area contributed by atoms with Crippen LogP contribution < -0.4 is 26.2 Å². The number of hydrazine groups is 1. The number of alkyl halides is 3. The lowest BCUT2D eigenvalue weighted by molar-refractivity contribution is -0.137. The van der Waals surface area contributed by atoms with Crippen molar-refractivity contribution in [3.63, 3.8) is 0 Å². The fraction of sp³-hybridized carbons (Fsp3) is 0.0714. The number of phenols is 1. The maximum atomic E-state index is 13.0. The number of pyridine rings is 1. The highest BCUT2D eigenvalue weighted by molar-refractivity contribution is 6.31. The SMILES string of the molecule is O=C(Cc1cccc(O)c1)NNC(=O)c1cc(Oc2ccc(NC(=O)Nc3ccc(Cl)c(C(F)(F)F)c3)cc2)ccn1. The molecule has 4 aromatic rings. The Hall–Kier alpha value is -5.30. The number of benzene rings is 3. The van der Waals surface area contributed by atoms with Gasteiger partial charge in [0.2, 0.25) is 5.91 Å². The number of rotatable bonds is 7. The van der Waals surface area contributed by atoms with Crippen molar-refractivity contribution in [2.75, 3.05) is 10.6 Å². The van der Waals surface area contributed by atoms with Gasteiger partial charge in [-0.3, -0.25) is 25.4 Å². The van der Waals surface area contributed by atoms with Crippen LogP contribution in [-0.4, -0.2) is 27.9 Å². The van der Waals surface area contributed by atoms with Crippen LogP contribution in [0.1, 0.15) is 21.6 Å². The lowest BCUT2D eigenvalue weighted by Crippen LogP contribution is -2.42. The van der Waals surface area contributed by atoms with E-state index < -0.39 is 34.6 Å². The second-order valence-corrected chi connectivity index (χ2v) is 9.03. The van der Waals surface area contributed by atoms with Crippen molar-refractivity contribution < 1.29 is 37.4 Å². The van der Waals surface area contributed by atoms with Crippen molar-refractivity contribution in [2.45, 2.75) is 12.6 Å². The van der Waals surface area contributed by atoms with Gasteiger partial charge in [-0.05, 0) is 66.2 Å². The first-order valence-corrected chi connectivity index (χ1v) is 12.4. The summed E-state index contributed by atoms with van der Waals surface area (Å²) in [6.07, 6.45) is -3.41. The molecule has 42 heavy (non-hydrogen) atoms. The zero-order valence-corrected chi connectivity index (χ0v) is 22.1. The number of aromatic hydroxyl groups is 1. The normalized spacial score (nSPS) is 10.9. The number of ether oxygens (including phenoxy) is 1. The average molecular weight is 600 g/mol. The Bertz CT molecular complexity index is 1620. The van der Waals surface area contributed by atoms with Gasteiger partial charge >= 0.3 is 12.2 Å². The first-order valence-electron chi connectivity index (χ1n) is 12.0. The van der Waals surface area contributed by atoms with E-state index in [1.54, 1.807) is 12.1 Å². The molecule has 0 radical (unpaired) electrons. The Morgan fingerprint density at radius 3 is 2.29 bits per heavy atom. The molecule has 0 bridgehead atoms. The summed E-state index contributed by atoms with van der Waals surface area (Å²) in [5, 5.41) is 13.8. The quantitative estimate of drug-likeness (QED) is 0.168. The van der Waals surface area contributed by atoms with Crippen molar-refractivity contribution >= 4 is 40.8 Å². The highest BCUT2D eigenvalue weighted by Crippen LogP contribution is 2.36. The number of phenolic OH excluding ortho intramolecular Hbond substituents is 1. The number of anilines is 2. The summed E-state index contributed by atoms with van der Waals surface area (Å²) in [5.74, 6) is -0.600. The third-order valence-electron chi connectivity index (χ3n) is 5.43. The molecule has 0 atom stereocenters. The molecule has 14 heteroatoms. The fourth-order valence-corrected chi connectivity index (χ4v) is 3.77. The Kier molecular flexibility index (Phi) is 9.12. The fourth-order valence-electron chi connectivity index (χ4n) is 3.54. The molecule has 10 nitrogen and oxygen atoms in total. The van der Waals surface area contributed by atoms with Gasteiger partial charge in [-0.1, -0.05) is 23.7 Å². The summed E-state index contributed by atoms with van der Waals surface area (Å²) in [7, 11) is 0. The minimum Gasteiger partial charge on any atom is -0.508 e. The van der Waals surface area contributed by atoms with Crippen molar-refractivity contribution in [3.05, 3.63) is 107 Å². The maximum Gasteiger partial charge on any atom is 0.417 e. The summed E-state index contributed by atoms with van der Waals surface area (Å²) in [6, 6.07) is 17.2. The summed E-state index contributed by atoms with van der Waals surface area (Å²) < 4.78 is 44.8. The van der Waals surface area contributed by atoms with Crippen LogP contribution in [0, 0.1) is 0 Å². The first-order chi connectivity index (χ1) is 20.0. The van der Waals surface area contributed by atoms with Crippen LogP contribution in [-0.2, 0) is 17.4 Å². The Morgan fingerprint density at radius 2 is 1.57 bits per heavy atom. The number of halogens is 4. The minimum absolute atomic E-state index is 0.0156. The molecule has 1 aromatic heterocycles. The number of hydrogen-bond donors (Lipinski definition) is 5. The van der Waals surface area contributed by atoms with E-state index in [-0.39, 0.29) is 29.3 Å². The van der Waals surface area contributed by atoms with Crippen LogP contribution in [0.15, 0.2) is 85.1 Å². The highest BCUT2D eigenvalue weighted by atomic mass is 35.5. The van der Waals surface area contributed by atoms with Crippen molar-refractivity contribution in [2.24, 2.45) is 0 Å². The number of nitrogens with one attached hydrogen (secondary N) is 4. The van der Waals surface area contributed by atoms with Crippen LogP contribution in [0.2, 0.25) is 5.02 Å². The standard InChI is InChI=1S/C28H21ClF3N5O5/c29-23-9-6-18(14-22(23)28(30,31)32)35-27(41)34-17-4-7-20(8-5-17)42-21-10-11-33-24(15-21)26(40)37-36-25(39)13-16-2-1-3-19(38)12-16/h1-12,14-15,38H,13H2,(H,36,39)(H,37,40)(H2,34,35,41). The number of aromatic nitrogens is 1. The second kappa shape index (κ2) is 12.9. The van der Waals surface area contributed by atoms with Gasteiger partial charge in [0, 0.05) is 23.6 Å². The Balaban J connectivity index is 1.29. The molecule has 216 valence electrons. The maximum absolute atomic E-state index is 13.0. The highest BCUT2D eigenvalue weighted by Gasteiger charge is 2.33. The molecule has 4 amide bonds. The van der Waals surface area contributed by atoms with Gasteiger partial charge in [-0.25, -0.2) is 4.79 Å². The molecule has 5 N–H and O–H groups in total. The zero-order chi connectivity index (χ0) is 30.3. The smallest absolute Gasteiger partial charge is 0.417 e. The molecule has 0 saturated heterocycles. The number of urea groups is 1. The van der Waals surface area contributed by atoms with Crippen molar-refractivity contribution in [1.82, 2.24) is 15.8 Å². The van der Waals surface area contributed by atoms with Gasteiger partial charge in [-0.15, -0.1) is 0 Å². The molecule has 4 rings (SSSR count). The van der Waals surface area contributed by atoms with Crippen molar-refractivity contribution in [1.29, 1.82) is 0 Å². The molecule has 1 heterocycles. The zero-order valence-electron chi connectivity index (χ0n) is 21.3. The molecule has 0 spiro atoms. The van der Waals surface area contributed by atoms with E-state index in [9.17, 15) is 32.7 Å². The first kappa shape index (κ1) is 29.7. The van der Waals surface area contributed by atoms with E-state index in [4.69, 9.17) is 16.3 Å². The van der Waals surface area contributed by atoms with E-state index >= 15 is 0 Å². The Labute approximate surface area is 241 Å². The van der Waals surface area contributed by atoms with Crippen LogP contribution >= 0.6 is 11.6 Å². The molecular formula is C28H21ClF3N5O5. The van der Waals surface area contributed by atoms with E-state index in [2.05, 4.69) is 26.5 Å². The number of amides is 4.